The highest BCUT2D eigenvalue weighted by atomic mass is 32.1. The van der Waals surface area contributed by atoms with E-state index in [-0.39, 0.29) is 5.75 Å². The van der Waals surface area contributed by atoms with E-state index in [0.717, 1.165) is 20.7 Å². The topological polar surface area (TPSA) is 124 Å². The number of phenolic OH excluding ortho intramolecular Hbond substituents is 1. The number of thiophene rings is 1. The van der Waals surface area contributed by atoms with Crippen molar-refractivity contribution in [1.29, 1.82) is 0 Å². The van der Waals surface area contributed by atoms with Crippen molar-refractivity contribution in [2.24, 2.45) is 0 Å². The van der Waals surface area contributed by atoms with Crippen LogP contribution in [0.25, 0.3) is 20.7 Å². The average molecular weight is 434 g/mol. The number of nitrogens with one attached hydrogen (secondary N) is 2. The molecule has 2 heterocycles. The Morgan fingerprint density at radius 3 is 2.65 bits per heavy atom. The van der Waals surface area contributed by atoms with Crippen LogP contribution in [-0.2, 0) is 4.79 Å². The molecule has 0 aliphatic heterocycles. The zero-order valence-corrected chi connectivity index (χ0v) is 17.2. The summed E-state index contributed by atoms with van der Waals surface area (Å²) in [6.07, 6.45) is 1.46. The number of fused-ring (bicyclic) bond motifs is 1. The summed E-state index contributed by atoms with van der Waals surface area (Å²) in [7, 11) is 0. The smallest absolute Gasteiger partial charge is 0.325 e. The van der Waals surface area contributed by atoms with Crippen molar-refractivity contribution < 1.29 is 19.8 Å². The monoisotopic (exact) mass is 434 g/mol. The maximum atomic E-state index is 12.4. The zero-order chi connectivity index (χ0) is 22.0. The summed E-state index contributed by atoms with van der Waals surface area (Å²) in [6, 6.07) is 14.6. The molecule has 1 atom stereocenters. The number of rotatable bonds is 6. The lowest BCUT2D eigenvalue weighted by Gasteiger charge is -2.09. The van der Waals surface area contributed by atoms with Gasteiger partial charge in [-0.15, -0.1) is 11.3 Å². The first-order chi connectivity index (χ1) is 14.9. The molecule has 1 amide bonds. The highest BCUT2D eigenvalue weighted by Crippen LogP contribution is 2.37. The maximum Gasteiger partial charge on any atom is 0.325 e. The van der Waals surface area contributed by atoms with Crippen LogP contribution in [0, 0.1) is 0 Å². The van der Waals surface area contributed by atoms with Crippen molar-refractivity contribution in [2.45, 2.75) is 13.0 Å². The van der Waals surface area contributed by atoms with Gasteiger partial charge in [0.2, 0.25) is 0 Å². The Hall–Kier alpha value is -3.98. The van der Waals surface area contributed by atoms with E-state index in [2.05, 4.69) is 20.6 Å². The molecule has 0 radical (unpaired) electrons. The second-order valence-corrected chi connectivity index (χ2v) is 7.89. The van der Waals surface area contributed by atoms with E-state index >= 15 is 0 Å². The van der Waals surface area contributed by atoms with Gasteiger partial charge in [-0.2, -0.15) is 0 Å². The molecule has 2 aromatic heterocycles. The Morgan fingerprint density at radius 1 is 1.06 bits per heavy atom. The number of carboxylic acid groups (broad SMARTS) is 1. The number of nitrogens with zero attached hydrogens (tertiary/aromatic N) is 2. The van der Waals surface area contributed by atoms with Crippen LogP contribution in [0.15, 0.2) is 60.9 Å². The van der Waals surface area contributed by atoms with Gasteiger partial charge < -0.3 is 20.8 Å². The first-order valence-corrected chi connectivity index (χ1v) is 10.2. The molecule has 0 spiro atoms. The molecule has 0 aliphatic carbocycles. The Bertz CT molecular complexity index is 1290. The summed E-state index contributed by atoms with van der Waals surface area (Å²) in [4.78, 5) is 32.9. The summed E-state index contributed by atoms with van der Waals surface area (Å²) < 4.78 is 0.829. The number of benzene rings is 2. The molecule has 1 unspecified atom stereocenters. The van der Waals surface area contributed by atoms with Gasteiger partial charge in [0.1, 0.15) is 18.1 Å². The molecule has 0 bridgehead atoms. The number of hydrogen-bond acceptors (Lipinski definition) is 7. The van der Waals surface area contributed by atoms with Crippen molar-refractivity contribution >= 4 is 44.9 Å². The molecule has 9 heteroatoms. The molecule has 2 aromatic carbocycles. The molecule has 31 heavy (non-hydrogen) atoms. The number of amides is 1. The molecule has 0 fully saturated rings. The maximum absolute atomic E-state index is 12.4. The molecule has 0 saturated heterocycles. The minimum atomic E-state index is -1.10. The van der Waals surface area contributed by atoms with Crippen molar-refractivity contribution in [3.05, 3.63) is 66.5 Å². The van der Waals surface area contributed by atoms with Crippen LogP contribution >= 0.6 is 11.3 Å². The van der Waals surface area contributed by atoms with E-state index in [1.807, 2.05) is 18.2 Å². The van der Waals surface area contributed by atoms with E-state index in [1.165, 1.54) is 24.6 Å². The fourth-order valence-electron chi connectivity index (χ4n) is 2.96. The minimum Gasteiger partial charge on any atom is -0.508 e. The number of carbonyl (C=O) groups excluding carboxylic acids is 1. The second kappa shape index (κ2) is 8.41. The van der Waals surface area contributed by atoms with Gasteiger partial charge in [-0.1, -0.05) is 18.2 Å². The van der Waals surface area contributed by atoms with E-state index in [0.29, 0.717) is 17.1 Å². The van der Waals surface area contributed by atoms with Crippen LogP contribution in [0.5, 0.6) is 5.75 Å². The van der Waals surface area contributed by atoms with E-state index in [9.17, 15) is 14.7 Å². The number of carbonyl (C=O) groups is 2. The van der Waals surface area contributed by atoms with Gasteiger partial charge in [-0.3, -0.25) is 9.59 Å². The van der Waals surface area contributed by atoms with Gasteiger partial charge in [0.05, 0.1) is 10.2 Å². The number of aliphatic carboxylic acids is 1. The van der Waals surface area contributed by atoms with E-state index in [4.69, 9.17) is 5.11 Å². The molecule has 8 nitrogen and oxygen atoms in total. The SMILES string of the molecule is CC(NC(=O)c1cccc(-c2cc3ncnc(Nc4cccc(O)c4)c3s2)c1)C(=O)O. The van der Waals surface area contributed by atoms with Crippen LogP contribution in [0.2, 0.25) is 0 Å². The first kappa shape index (κ1) is 20.3. The highest BCUT2D eigenvalue weighted by molar-refractivity contribution is 7.22. The zero-order valence-electron chi connectivity index (χ0n) is 16.4. The van der Waals surface area contributed by atoms with Crippen LogP contribution < -0.4 is 10.6 Å². The predicted molar refractivity (Wildman–Crippen MR) is 119 cm³/mol. The number of carboxylic acids is 1. The summed E-state index contributed by atoms with van der Waals surface area (Å²) in [6.45, 7) is 1.41. The van der Waals surface area contributed by atoms with Crippen LogP contribution in [0.1, 0.15) is 17.3 Å². The van der Waals surface area contributed by atoms with Gasteiger partial charge in [0.25, 0.3) is 5.91 Å². The number of aromatic nitrogens is 2. The second-order valence-electron chi connectivity index (χ2n) is 6.84. The molecule has 4 aromatic rings. The van der Waals surface area contributed by atoms with Gasteiger partial charge in [0.15, 0.2) is 5.82 Å². The summed E-state index contributed by atoms with van der Waals surface area (Å²) in [5, 5.41) is 24.3. The molecule has 0 aliphatic rings. The number of anilines is 2. The largest absolute Gasteiger partial charge is 0.508 e. The lowest BCUT2D eigenvalue weighted by molar-refractivity contribution is -0.138. The lowest BCUT2D eigenvalue weighted by atomic mass is 10.1. The predicted octanol–water partition coefficient (Wildman–Crippen LogP) is 4.01. The van der Waals surface area contributed by atoms with Crippen LogP contribution in [0.3, 0.4) is 0 Å². The first-order valence-electron chi connectivity index (χ1n) is 9.35. The van der Waals surface area contributed by atoms with Crippen molar-refractivity contribution in [3.8, 4) is 16.2 Å². The molecule has 4 rings (SSSR count). The number of hydrogen-bond donors (Lipinski definition) is 4. The fraction of sp³-hybridized carbons (Fsp3) is 0.0909. The lowest BCUT2D eigenvalue weighted by Crippen LogP contribution is -2.38. The quantitative estimate of drug-likeness (QED) is 0.361. The molecular formula is C22H18N4O4S. The van der Waals surface area contributed by atoms with Crippen molar-refractivity contribution in [2.75, 3.05) is 5.32 Å². The Kier molecular flexibility index (Phi) is 5.50. The molecule has 4 N–H and O–H groups in total. The van der Waals surface area contributed by atoms with Crippen LogP contribution in [-0.4, -0.2) is 38.1 Å². The van der Waals surface area contributed by atoms with Crippen LogP contribution in [0.4, 0.5) is 11.5 Å². The van der Waals surface area contributed by atoms with Crippen molar-refractivity contribution in [1.82, 2.24) is 15.3 Å². The average Bonchev–Trinajstić information content (AvgIpc) is 3.19. The summed E-state index contributed by atoms with van der Waals surface area (Å²) in [5.41, 5.74) is 2.61. The minimum absolute atomic E-state index is 0.148. The molecule has 156 valence electrons. The van der Waals surface area contributed by atoms with Gasteiger partial charge in [-0.05, 0) is 42.8 Å². The highest BCUT2D eigenvalue weighted by Gasteiger charge is 2.16. The normalized spacial score (nSPS) is 11.8. The number of aromatic hydroxyl groups is 1. The van der Waals surface area contributed by atoms with Gasteiger partial charge in [-0.25, -0.2) is 9.97 Å². The standard InChI is InChI=1S/C22H18N4O4S/c1-12(22(29)30)25-21(28)14-5-2-4-13(8-14)18-10-17-19(31-18)20(24-11-23-17)26-15-6-3-7-16(27)9-15/h2-12,27H,1H3,(H,25,28)(H,29,30)(H,23,24,26). The van der Waals surface area contributed by atoms with Gasteiger partial charge in [0, 0.05) is 22.2 Å². The van der Waals surface area contributed by atoms with E-state index in [1.54, 1.807) is 36.4 Å². The Labute approximate surface area is 181 Å². The third kappa shape index (κ3) is 4.46. The third-order valence-corrected chi connectivity index (χ3v) is 5.73. The number of phenols is 1. The van der Waals surface area contributed by atoms with E-state index < -0.39 is 17.9 Å². The Balaban J connectivity index is 1.65. The molecule has 0 saturated carbocycles. The van der Waals surface area contributed by atoms with Gasteiger partial charge >= 0.3 is 5.97 Å². The van der Waals surface area contributed by atoms with Crippen molar-refractivity contribution in [3.63, 3.8) is 0 Å². The summed E-state index contributed by atoms with van der Waals surface area (Å²) in [5.74, 6) is -0.797. The fourth-order valence-corrected chi connectivity index (χ4v) is 4.01. The third-order valence-electron chi connectivity index (χ3n) is 4.55. The Morgan fingerprint density at radius 2 is 1.87 bits per heavy atom. The molecular weight excluding hydrogens is 416 g/mol. The summed E-state index contributed by atoms with van der Waals surface area (Å²) >= 11 is 1.46.